The maximum Gasteiger partial charge on any atom is 0.145 e. The second-order valence-corrected chi connectivity index (χ2v) is 6.14. The standard InChI is InChI=1S/C10H17NOS/c1-10(2,3)13(12)11-9-7-5-4-6-8-9/h5,7H,4,6,8H2,1-3H3/b11-9-/t13-/m1/s1. The van der Waals surface area contributed by atoms with Crippen LogP contribution >= 0.6 is 0 Å². The van der Waals surface area contributed by atoms with Crippen molar-refractivity contribution in [3.8, 4) is 0 Å². The summed E-state index contributed by atoms with van der Waals surface area (Å²) in [5.74, 6) is 0. The summed E-state index contributed by atoms with van der Waals surface area (Å²) in [6, 6.07) is 0. The molecule has 0 aliphatic heterocycles. The zero-order chi connectivity index (χ0) is 9.90. The molecule has 0 unspecified atom stereocenters. The molecule has 3 heteroatoms. The Morgan fingerprint density at radius 3 is 2.62 bits per heavy atom. The lowest BCUT2D eigenvalue weighted by Crippen LogP contribution is -2.20. The van der Waals surface area contributed by atoms with E-state index < -0.39 is 11.0 Å². The van der Waals surface area contributed by atoms with Gasteiger partial charge in [-0.2, -0.15) is 4.40 Å². The van der Waals surface area contributed by atoms with Crippen LogP contribution in [0.15, 0.2) is 16.5 Å². The second kappa shape index (κ2) is 4.18. The summed E-state index contributed by atoms with van der Waals surface area (Å²) in [5, 5.41) is 0. The van der Waals surface area contributed by atoms with E-state index in [2.05, 4.69) is 10.5 Å². The van der Waals surface area contributed by atoms with Gasteiger partial charge in [-0.15, -0.1) is 0 Å². The van der Waals surface area contributed by atoms with Crippen molar-refractivity contribution in [2.75, 3.05) is 0 Å². The Hall–Kier alpha value is -0.440. The van der Waals surface area contributed by atoms with E-state index in [1.165, 1.54) is 0 Å². The number of rotatable bonds is 1. The molecule has 0 aromatic rings. The molecule has 0 spiro atoms. The summed E-state index contributed by atoms with van der Waals surface area (Å²) in [4.78, 5) is 0. The van der Waals surface area contributed by atoms with Crippen LogP contribution in [-0.4, -0.2) is 14.7 Å². The molecule has 1 aliphatic rings. The molecule has 0 saturated heterocycles. The van der Waals surface area contributed by atoms with Gasteiger partial charge in [-0.1, -0.05) is 6.08 Å². The van der Waals surface area contributed by atoms with Gasteiger partial charge in [0, 0.05) is 0 Å². The molecule has 0 radical (unpaired) electrons. The van der Waals surface area contributed by atoms with Crippen LogP contribution in [0.5, 0.6) is 0 Å². The van der Waals surface area contributed by atoms with E-state index in [4.69, 9.17) is 0 Å². The van der Waals surface area contributed by atoms with Crippen molar-refractivity contribution in [3.05, 3.63) is 12.2 Å². The van der Waals surface area contributed by atoms with Crippen molar-refractivity contribution in [1.82, 2.24) is 0 Å². The lowest BCUT2D eigenvalue weighted by molar-refractivity contribution is 0.650. The van der Waals surface area contributed by atoms with Crippen LogP contribution in [0.2, 0.25) is 0 Å². The molecule has 1 aliphatic carbocycles. The van der Waals surface area contributed by atoms with Gasteiger partial charge >= 0.3 is 0 Å². The van der Waals surface area contributed by atoms with Gasteiger partial charge < -0.3 is 0 Å². The maximum absolute atomic E-state index is 11.6. The summed E-state index contributed by atoms with van der Waals surface area (Å²) in [6.45, 7) is 5.83. The lowest BCUT2D eigenvalue weighted by atomic mass is 10.1. The summed E-state index contributed by atoms with van der Waals surface area (Å²) in [7, 11) is -1.10. The quantitative estimate of drug-likeness (QED) is 0.638. The Balaban J connectivity index is 2.70. The number of hydrogen-bond acceptors (Lipinski definition) is 1. The minimum Gasteiger partial charge on any atom is -0.234 e. The van der Waals surface area contributed by atoms with Crippen LogP contribution < -0.4 is 0 Å². The first-order valence-electron chi connectivity index (χ1n) is 4.66. The van der Waals surface area contributed by atoms with E-state index in [0.29, 0.717) is 0 Å². The van der Waals surface area contributed by atoms with Crippen molar-refractivity contribution >= 4 is 16.7 Å². The molecular formula is C10H17NOS. The lowest BCUT2D eigenvalue weighted by Gasteiger charge is -2.15. The van der Waals surface area contributed by atoms with Crippen LogP contribution in [0.3, 0.4) is 0 Å². The van der Waals surface area contributed by atoms with E-state index in [-0.39, 0.29) is 4.75 Å². The number of allylic oxidation sites excluding steroid dienone is 2. The fourth-order valence-corrected chi connectivity index (χ4v) is 1.66. The Kier molecular flexibility index (Phi) is 3.42. The minimum atomic E-state index is -1.10. The SMILES string of the molecule is CC(C)(C)[S@@](=O)/N=C1/C=CCCC1. The highest BCUT2D eigenvalue weighted by Gasteiger charge is 2.19. The maximum atomic E-state index is 11.6. The zero-order valence-electron chi connectivity index (χ0n) is 8.54. The van der Waals surface area contributed by atoms with Gasteiger partial charge in [0.15, 0.2) is 0 Å². The van der Waals surface area contributed by atoms with Crippen LogP contribution in [0.4, 0.5) is 0 Å². The third-order valence-corrected chi connectivity index (χ3v) is 3.29. The van der Waals surface area contributed by atoms with Gasteiger partial charge in [0.05, 0.1) is 10.5 Å². The fraction of sp³-hybridized carbons (Fsp3) is 0.700. The average molecular weight is 199 g/mol. The molecule has 13 heavy (non-hydrogen) atoms. The van der Waals surface area contributed by atoms with E-state index in [0.717, 1.165) is 25.0 Å². The van der Waals surface area contributed by atoms with Gasteiger partial charge in [0.1, 0.15) is 11.0 Å². The Bertz CT molecular complexity index is 261. The molecule has 1 atom stereocenters. The Labute approximate surface area is 82.7 Å². The van der Waals surface area contributed by atoms with Gasteiger partial charge in [0.25, 0.3) is 0 Å². The second-order valence-electron chi connectivity index (χ2n) is 4.24. The molecule has 0 aromatic carbocycles. The van der Waals surface area contributed by atoms with E-state index >= 15 is 0 Å². The van der Waals surface area contributed by atoms with Crippen molar-refractivity contribution < 1.29 is 4.21 Å². The van der Waals surface area contributed by atoms with Gasteiger partial charge in [-0.25, -0.2) is 4.21 Å². The first-order valence-corrected chi connectivity index (χ1v) is 5.77. The van der Waals surface area contributed by atoms with Crippen molar-refractivity contribution in [2.24, 2.45) is 4.40 Å². The largest absolute Gasteiger partial charge is 0.234 e. The zero-order valence-corrected chi connectivity index (χ0v) is 9.36. The normalized spacial score (nSPS) is 23.5. The van der Waals surface area contributed by atoms with E-state index in [9.17, 15) is 4.21 Å². The van der Waals surface area contributed by atoms with Crippen molar-refractivity contribution in [3.63, 3.8) is 0 Å². The molecule has 2 nitrogen and oxygen atoms in total. The van der Waals surface area contributed by atoms with E-state index in [1.54, 1.807) is 0 Å². The van der Waals surface area contributed by atoms with Gasteiger partial charge in [-0.05, 0) is 46.1 Å². The predicted octanol–water partition coefficient (Wildman–Crippen LogP) is 2.63. The van der Waals surface area contributed by atoms with Crippen molar-refractivity contribution in [2.45, 2.75) is 44.8 Å². The molecule has 0 saturated carbocycles. The monoisotopic (exact) mass is 199 g/mol. The van der Waals surface area contributed by atoms with Crippen LogP contribution in [0, 0.1) is 0 Å². The molecule has 0 aromatic heterocycles. The molecule has 0 heterocycles. The third kappa shape index (κ3) is 3.43. The molecule has 0 amide bonds. The van der Waals surface area contributed by atoms with E-state index in [1.807, 2.05) is 26.8 Å². The average Bonchev–Trinajstić information content (AvgIpc) is 2.04. The van der Waals surface area contributed by atoms with Gasteiger partial charge in [-0.3, -0.25) is 0 Å². The van der Waals surface area contributed by atoms with Crippen LogP contribution in [0.1, 0.15) is 40.0 Å². The third-order valence-electron chi connectivity index (χ3n) is 1.84. The first-order chi connectivity index (χ1) is 6.00. The predicted molar refractivity (Wildman–Crippen MR) is 58.3 cm³/mol. The minimum absolute atomic E-state index is 0.238. The molecular weight excluding hydrogens is 182 g/mol. The topological polar surface area (TPSA) is 29.4 Å². The molecule has 1 rings (SSSR count). The fourth-order valence-electron chi connectivity index (χ4n) is 1.02. The first kappa shape index (κ1) is 10.6. The Morgan fingerprint density at radius 2 is 2.15 bits per heavy atom. The summed E-state index contributed by atoms with van der Waals surface area (Å²) in [5.41, 5.74) is 0.986. The molecule has 74 valence electrons. The highest BCUT2D eigenvalue weighted by molar-refractivity contribution is 7.85. The van der Waals surface area contributed by atoms with Crippen LogP contribution in [-0.2, 0) is 11.0 Å². The summed E-state index contributed by atoms with van der Waals surface area (Å²) < 4.78 is 15.6. The van der Waals surface area contributed by atoms with Gasteiger partial charge in [0.2, 0.25) is 0 Å². The highest BCUT2D eigenvalue weighted by atomic mass is 32.2. The molecule has 0 bridgehead atoms. The highest BCUT2D eigenvalue weighted by Crippen LogP contribution is 2.15. The van der Waals surface area contributed by atoms with Crippen LogP contribution in [0.25, 0.3) is 0 Å². The number of hydrogen-bond donors (Lipinski definition) is 0. The summed E-state index contributed by atoms with van der Waals surface area (Å²) >= 11 is 0. The summed E-state index contributed by atoms with van der Waals surface area (Å²) in [6.07, 6.45) is 7.32. The Morgan fingerprint density at radius 1 is 1.46 bits per heavy atom. The molecule has 0 N–H and O–H groups in total. The number of nitrogens with zero attached hydrogens (tertiary/aromatic N) is 1. The molecule has 0 fully saturated rings. The van der Waals surface area contributed by atoms with Crippen molar-refractivity contribution in [1.29, 1.82) is 0 Å². The smallest absolute Gasteiger partial charge is 0.145 e.